The Bertz CT molecular complexity index is 369. The van der Waals surface area contributed by atoms with Gasteiger partial charge in [-0.05, 0) is 63.5 Å². The summed E-state index contributed by atoms with van der Waals surface area (Å²) >= 11 is 3.49. The monoisotopic (exact) mass is 324 g/mol. The lowest BCUT2D eigenvalue weighted by atomic mass is 10.0. The molecule has 0 aromatic heterocycles. The van der Waals surface area contributed by atoms with Crippen molar-refractivity contribution in [3.63, 3.8) is 0 Å². The van der Waals surface area contributed by atoms with E-state index >= 15 is 0 Å². The predicted octanol–water partition coefficient (Wildman–Crippen LogP) is 3.97. The van der Waals surface area contributed by atoms with Gasteiger partial charge < -0.3 is 10.2 Å². The lowest BCUT2D eigenvalue weighted by Crippen LogP contribution is -2.43. The van der Waals surface area contributed by atoms with Crippen LogP contribution in [-0.2, 0) is 0 Å². The van der Waals surface area contributed by atoms with Crippen molar-refractivity contribution in [1.29, 1.82) is 0 Å². The molecule has 1 saturated heterocycles. The maximum Gasteiger partial charge on any atom is 0.0294 e. The molecular formula is C16H25BrN2. The van der Waals surface area contributed by atoms with Crippen LogP contribution in [0.1, 0.15) is 44.7 Å². The predicted molar refractivity (Wildman–Crippen MR) is 85.4 cm³/mol. The first kappa shape index (κ1) is 15.0. The van der Waals surface area contributed by atoms with E-state index in [0.717, 1.165) is 4.47 Å². The fraction of sp³-hybridized carbons (Fsp3) is 0.625. The lowest BCUT2D eigenvalue weighted by molar-refractivity contribution is 0.192. The number of hydrogen-bond donors (Lipinski definition) is 1. The summed E-state index contributed by atoms with van der Waals surface area (Å²) < 4.78 is 1.15. The van der Waals surface area contributed by atoms with Gasteiger partial charge in [0.1, 0.15) is 0 Å². The van der Waals surface area contributed by atoms with E-state index in [2.05, 4.69) is 64.3 Å². The first-order valence-electron chi connectivity index (χ1n) is 7.43. The van der Waals surface area contributed by atoms with E-state index in [1.807, 2.05) is 0 Å². The molecule has 1 aliphatic rings. The normalized spacial score (nSPS) is 19.5. The van der Waals surface area contributed by atoms with Crippen molar-refractivity contribution in [2.75, 3.05) is 19.6 Å². The molecule has 0 amide bonds. The van der Waals surface area contributed by atoms with Crippen molar-refractivity contribution >= 4 is 15.9 Å². The van der Waals surface area contributed by atoms with E-state index in [1.54, 1.807) is 0 Å². The van der Waals surface area contributed by atoms with Crippen LogP contribution in [0.15, 0.2) is 28.7 Å². The third-order valence-electron chi connectivity index (χ3n) is 3.98. The maximum absolute atomic E-state index is 3.78. The molecule has 0 saturated carbocycles. The van der Waals surface area contributed by atoms with Gasteiger partial charge in [0.2, 0.25) is 0 Å². The van der Waals surface area contributed by atoms with Gasteiger partial charge in [-0.2, -0.15) is 0 Å². The first-order chi connectivity index (χ1) is 9.19. The number of benzene rings is 1. The number of rotatable bonds is 5. The van der Waals surface area contributed by atoms with Crippen LogP contribution in [0.4, 0.5) is 0 Å². The Balaban J connectivity index is 1.80. The molecule has 1 heterocycles. The van der Waals surface area contributed by atoms with Crippen LogP contribution < -0.4 is 5.32 Å². The van der Waals surface area contributed by atoms with E-state index in [1.165, 1.54) is 44.5 Å². The van der Waals surface area contributed by atoms with E-state index in [0.29, 0.717) is 12.1 Å². The third kappa shape index (κ3) is 4.59. The summed E-state index contributed by atoms with van der Waals surface area (Å²) in [7, 11) is 0. The van der Waals surface area contributed by atoms with Crippen molar-refractivity contribution < 1.29 is 0 Å². The minimum Gasteiger partial charge on any atom is -0.307 e. The number of nitrogens with one attached hydrogen (secondary N) is 1. The Labute approximate surface area is 125 Å². The van der Waals surface area contributed by atoms with Gasteiger partial charge in [0, 0.05) is 16.6 Å². The molecule has 1 fully saturated rings. The van der Waals surface area contributed by atoms with Crippen LogP contribution in [0.3, 0.4) is 0 Å². The zero-order valence-corrected chi connectivity index (χ0v) is 13.6. The van der Waals surface area contributed by atoms with Gasteiger partial charge in [0.15, 0.2) is 0 Å². The first-order valence-corrected chi connectivity index (χ1v) is 8.22. The van der Waals surface area contributed by atoms with Crippen molar-refractivity contribution in [2.24, 2.45) is 0 Å². The van der Waals surface area contributed by atoms with Crippen LogP contribution in [0, 0.1) is 0 Å². The molecule has 2 nitrogen and oxygen atoms in total. The molecule has 0 radical (unpaired) electrons. The molecular weight excluding hydrogens is 300 g/mol. The molecule has 1 aromatic carbocycles. The van der Waals surface area contributed by atoms with Gasteiger partial charge in [-0.3, -0.25) is 0 Å². The van der Waals surface area contributed by atoms with Gasteiger partial charge in [0.25, 0.3) is 0 Å². The summed E-state index contributed by atoms with van der Waals surface area (Å²) in [6, 6.07) is 9.76. The SMILES string of the molecule is CCCN1CCC(N[C@@H](C)c2ccc(Br)cc2)CC1. The van der Waals surface area contributed by atoms with Gasteiger partial charge in [-0.15, -0.1) is 0 Å². The van der Waals surface area contributed by atoms with Gasteiger partial charge in [-0.1, -0.05) is 35.0 Å². The largest absolute Gasteiger partial charge is 0.307 e. The molecule has 19 heavy (non-hydrogen) atoms. The molecule has 1 aromatic rings. The summed E-state index contributed by atoms with van der Waals surface area (Å²) in [5.74, 6) is 0. The van der Waals surface area contributed by atoms with Crippen LogP contribution in [0.5, 0.6) is 0 Å². The average Bonchev–Trinajstić information content (AvgIpc) is 2.42. The number of likely N-dealkylation sites (tertiary alicyclic amines) is 1. The van der Waals surface area contributed by atoms with Crippen LogP contribution in [0.2, 0.25) is 0 Å². The molecule has 0 unspecified atom stereocenters. The van der Waals surface area contributed by atoms with E-state index in [-0.39, 0.29) is 0 Å². The van der Waals surface area contributed by atoms with Gasteiger partial charge >= 0.3 is 0 Å². The summed E-state index contributed by atoms with van der Waals surface area (Å²) in [4.78, 5) is 2.59. The standard InChI is InChI=1S/C16H25BrN2/c1-3-10-19-11-8-16(9-12-19)18-13(2)14-4-6-15(17)7-5-14/h4-7,13,16,18H,3,8-12H2,1-2H3/t13-/m0/s1. The van der Waals surface area contributed by atoms with E-state index in [9.17, 15) is 0 Å². The molecule has 1 atom stereocenters. The van der Waals surface area contributed by atoms with Crippen molar-refractivity contribution in [2.45, 2.75) is 45.2 Å². The molecule has 106 valence electrons. The Morgan fingerprint density at radius 3 is 2.47 bits per heavy atom. The quantitative estimate of drug-likeness (QED) is 0.881. The minimum atomic E-state index is 0.441. The third-order valence-corrected chi connectivity index (χ3v) is 4.51. The average molecular weight is 325 g/mol. The number of nitrogens with zero attached hydrogens (tertiary/aromatic N) is 1. The number of halogens is 1. The maximum atomic E-state index is 3.78. The van der Waals surface area contributed by atoms with Crippen LogP contribution in [0.25, 0.3) is 0 Å². The van der Waals surface area contributed by atoms with Crippen LogP contribution >= 0.6 is 15.9 Å². The van der Waals surface area contributed by atoms with Crippen molar-refractivity contribution in [3.8, 4) is 0 Å². The fourth-order valence-corrected chi connectivity index (χ4v) is 3.11. The Morgan fingerprint density at radius 2 is 1.89 bits per heavy atom. The highest BCUT2D eigenvalue weighted by Crippen LogP contribution is 2.19. The van der Waals surface area contributed by atoms with Gasteiger partial charge in [0.05, 0.1) is 0 Å². The Hall–Kier alpha value is -0.380. The Morgan fingerprint density at radius 1 is 1.26 bits per heavy atom. The summed E-state index contributed by atoms with van der Waals surface area (Å²) in [6.07, 6.45) is 3.83. The highest BCUT2D eigenvalue weighted by atomic mass is 79.9. The zero-order valence-electron chi connectivity index (χ0n) is 12.0. The molecule has 2 rings (SSSR count). The molecule has 0 spiro atoms. The number of piperidine rings is 1. The van der Waals surface area contributed by atoms with Crippen LogP contribution in [-0.4, -0.2) is 30.6 Å². The fourth-order valence-electron chi connectivity index (χ4n) is 2.84. The number of hydrogen-bond acceptors (Lipinski definition) is 2. The highest BCUT2D eigenvalue weighted by Gasteiger charge is 2.20. The van der Waals surface area contributed by atoms with E-state index in [4.69, 9.17) is 0 Å². The second-order valence-electron chi connectivity index (χ2n) is 5.56. The summed E-state index contributed by atoms with van der Waals surface area (Å²) in [5.41, 5.74) is 1.37. The molecule has 1 N–H and O–H groups in total. The minimum absolute atomic E-state index is 0.441. The van der Waals surface area contributed by atoms with Gasteiger partial charge in [-0.25, -0.2) is 0 Å². The lowest BCUT2D eigenvalue weighted by Gasteiger charge is -2.33. The van der Waals surface area contributed by atoms with E-state index < -0.39 is 0 Å². The highest BCUT2D eigenvalue weighted by molar-refractivity contribution is 9.10. The topological polar surface area (TPSA) is 15.3 Å². The smallest absolute Gasteiger partial charge is 0.0294 e. The molecule has 0 aliphatic carbocycles. The summed E-state index contributed by atoms with van der Waals surface area (Å²) in [5, 5.41) is 3.78. The molecule has 0 bridgehead atoms. The summed E-state index contributed by atoms with van der Waals surface area (Å²) in [6.45, 7) is 8.29. The van der Waals surface area contributed by atoms with Crippen molar-refractivity contribution in [1.82, 2.24) is 10.2 Å². The second kappa shape index (κ2) is 7.41. The Kier molecular flexibility index (Phi) is 5.86. The van der Waals surface area contributed by atoms with Crippen molar-refractivity contribution in [3.05, 3.63) is 34.3 Å². The molecule has 1 aliphatic heterocycles. The zero-order chi connectivity index (χ0) is 13.7. The molecule has 3 heteroatoms. The second-order valence-corrected chi connectivity index (χ2v) is 6.47.